The monoisotopic (exact) mass is 306 g/mol. The lowest BCUT2D eigenvalue weighted by atomic mass is 10.2. The quantitative estimate of drug-likeness (QED) is 0.596. The minimum absolute atomic E-state index is 0.00961. The van der Waals surface area contributed by atoms with Gasteiger partial charge in [0.25, 0.3) is 0 Å². The van der Waals surface area contributed by atoms with Crippen LogP contribution < -0.4 is 0 Å². The van der Waals surface area contributed by atoms with Crippen LogP contribution in [0.25, 0.3) is 0 Å². The van der Waals surface area contributed by atoms with E-state index >= 15 is 0 Å². The Morgan fingerprint density at radius 2 is 2.33 bits per heavy atom. The summed E-state index contributed by atoms with van der Waals surface area (Å²) in [5.41, 5.74) is 0.467. The minimum Gasteiger partial charge on any atom is -0.508 e. The molecule has 3 N–H and O–H groups in total. The second kappa shape index (κ2) is 5.66. The van der Waals surface area contributed by atoms with Crippen LogP contribution >= 0.6 is 12.2 Å². The summed E-state index contributed by atoms with van der Waals surface area (Å²) in [6, 6.07) is 4.28. The van der Waals surface area contributed by atoms with E-state index in [1.807, 2.05) is 0 Å². The Kier molecular flexibility index (Phi) is 3.72. The number of aromatic amines is 1. The van der Waals surface area contributed by atoms with Crippen molar-refractivity contribution in [2.45, 2.75) is 18.9 Å². The first-order valence-corrected chi connectivity index (χ1v) is 6.91. The molecule has 1 saturated heterocycles. The van der Waals surface area contributed by atoms with E-state index in [1.54, 1.807) is 6.07 Å². The highest BCUT2D eigenvalue weighted by molar-refractivity contribution is 7.71. The van der Waals surface area contributed by atoms with Gasteiger partial charge in [0.05, 0.1) is 6.21 Å². The van der Waals surface area contributed by atoms with Gasteiger partial charge in [0, 0.05) is 18.2 Å². The molecule has 0 aliphatic carbocycles. The van der Waals surface area contributed by atoms with Gasteiger partial charge >= 0.3 is 0 Å². The van der Waals surface area contributed by atoms with Gasteiger partial charge in [-0.15, -0.1) is 0 Å². The third-order valence-electron chi connectivity index (χ3n) is 3.22. The molecule has 8 heteroatoms. The Labute approximate surface area is 125 Å². The summed E-state index contributed by atoms with van der Waals surface area (Å²) in [4.78, 5) is 0. The van der Waals surface area contributed by atoms with Crippen LogP contribution in [0, 0.1) is 4.77 Å². The molecule has 2 aromatic rings. The second-order valence-corrected chi connectivity index (χ2v) is 5.07. The van der Waals surface area contributed by atoms with Crippen LogP contribution in [0.3, 0.4) is 0 Å². The first kappa shape index (κ1) is 13.8. The van der Waals surface area contributed by atoms with Crippen LogP contribution in [0.15, 0.2) is 23.3 Å². The van der Waals surface area contributed by atoms with Crippen molar-refractivity contribution in [3.05, 3.63) is 34.4 Å². The number of aromatic hydroxyl groups is 2. The number of phenols is 2. The molecule has 1 aliphatic rings. The van der Waals surface area contributed by atoms with Crippen LogP contribution in [-0.2, 0) is 4.74 Å². The summed E-state index contributed by atoms with van der Waals surface area (Å²) < 4.78 is 7.42. The van der Waals surface area contributed by atoms with E-state index < -0.39 is 0 Å². The molecule has 0 bridgehead atoms. The molecule has 3 rings (SSSR count). The number of aromatic nitrogens is 3. The van der Waals surface area contributed by atoms with Crippen molar-refractivity contribution in [3.63, 3.8) is 0 Å². The number of phenolic OH excluding ortho intramolecular Hbond substituents is 2. The van der Waals surface area contributed by atoms with Crippen molar-refractivity contribution >= 4 is 18.4 Å². The summed E-state index contributed by atoms with van der Waals surface area (Å²) in [6.45, 7) is 0.701. The van der Waals surface area contributed by atoms with Gasteiger partial charge in [-0.25, -0.2) is 0 Å². The molecule has 1 aromatic carbocycles. The number of ether oxygens (including phenoxy) is 1. The van der Waals surface area contributed by atoms with Gasteiger partial charge in [-0.3, -0.25) is 5.10 Å². The van der Waals surface area contributed by atoms with E-state index in [0.717, 1.165) is 12.8 Å². The van der Waals surface area contributed by atoms with E-state index in [9.17, 15) is 10.2 Å². The first-order chi connectivity index (χ1) is 10.1. The van der Waals surface area contributed by atoms with Crippen molar-refractivity contribution in [3.8, 4) is 11.5 Å². The van der Waals surface area contributed by atoms with Crippen molar-refractivity contribution in [2.75, 3.05) is 6.61 Å². The Bertz CT molecular complexity index is 731. The number of nitrogens with one attached hydrogen (secondary N) is 1. The van der Waals surface area contributed by atoms with E-state index in [2.05, 4.69) is 15.3 Å². The molecule has 1 fully saturated rings. The van der Waals surface area contributed by atoms with E-state index in [4.69, 9.17) is 17.0 Å². The molecule has 0 radical (unpaired) electrons. The molecule has 2 heterocycles. The predicted molar refractivity (Wildman–Crippen MR) is 78.1 cm³/mol. The number of hydrogen-bond acceptors (Lipinski definition) is 6. The summed E-state index contributed by atoms with van der Waals surface area (Å²) in [5.74, 6) is 0.545. The fraction of sp³-hybridized carbons (Fsp3) is 0.308. The summed E-state index contributed by atoms with van der Waals surface area (Å²) in [6.07, 6.45) is 3.19. The zero-order chi connectivity index (χ0) is 14.8. The van der Waals surface area contributed by atoms with Gasteiger partial charge < -0.3 is 14.9 Å². The maximum Gasteiger partial charge on any atom is 0.216 e. The SMILES string of the molecule is Oc1ccc(/C=N/n2c([C@@H]3CCCO3)n[nH]c2=S)c(O)c1. The zero-order valence-corrected chi connectivity index (χ0v) is 11.9. The topological polar surface area (TPSA) is 95.7 Å². The van der Waals surface area contributed by atoms with Crippen molar-refractivity contribution < 1.29 is 14.9 Å². The van der Waals surface area contributed by atoms with Crippen molar-refractivity contribution in [1.29, 1.82) is 0 Å². The van der Waals surface area contributed by atoms with E-state index in [1.165, 1.54) is 23.0 Å². The van der Waals surface area contributed by atoms with E-state index in [-0.39, 0.29) is 17.6 Å². The molecule has 1 aliphatic heterocycles. The smallest absolute Gasteiger partial charge is 0.216 e. The number of nitrogens with zero attached hydrogens (tertiary/aromatic N) is 3. The zero-order valence-electron chi connectivity index (χ0n) is 11.1. The number of benzene rings is 1. The fourth-order valence-electron chi connectivity index (χ4n) is 2.17. The average molecular weight is 306 g/mol. The summed E-state index contributed by atoms with van der Waals surface area (Å²) in [5, 5.41) is 30.1. The summed E-state index contributed by atoms with van der Waals surface area (Å²) in [7, 11) is 0. The standard InChI is InChI=1S/C13H14N4O3S/c18-9-4-3-8(10(19)6-9)7-14-17-12(15-16-13(17)21)11-2-1-5-20-11/h3-4,6-7,11,18-19H,1-2,5H2,(H,16,21)/b14-7+/t11-/m0/s1. The van der Waals surface area contributed by atoms with Gasteiger partial charge in [0.2, 0.25) is 4.77 Å². The molecule has 0 saturated carbocycles. The Hall–Kier alpha value is -2.19. The minimum atomic E-state index is -0.122. The van der Waals surface area contributed by atoms with Gasteiger partial charge in [-0.05, 0) is 37.2 Å². The van der Waals surface area contributed by atoms with Crippen LogP contribution in [-0.4, -0.2) is 37.9 Å². The lowest BCUT2D eigenvalue weighted by Gasteiger charge is -2.07. The normalized spacial score (nSPS) is 18.6. The van der Waals surface area contributed by atoms with Gasteiger partial charge in [0.1, 0.15) is 17.6 Å². The fourth-order valence-corrected chi connectivity index (χ4v) is 2.35. The molecule has 0 unspecified atom stereocenters. The van der Waals surface area contributed by atoms with Crippen LogP contribution in [0.5, 0.6) is 11.5 Å². The van der Waals surface area contributed by atoms with E-state index in [0.29, 0.717) is 22.8 Å². The highest BCUT2D eigenvalue weighted by atomic mass is 32.1. The van der Waals surface area contributed by atoms with Gasteiger partial charge in [0.15, 0.2) is 5.82 Å². The Morgan fingerprint density at radius 3 is 3.05 bits per heavy atom. The Balaban J connectivity index is 1.92. The number of H-pyrrole nitrogens is 1. The molecular formula is C13H14N4O3S. The number of hydrogen-bond donors (Lipinski definition) is 3. The lowest BCUT2D eigenvalue weighted by Crippen LogP contribution is -2.05. The highest BCUT2D eigenvalue weighted by Crippen LogP contribution is 2.27. The molecule has 1 atom stereocenters. The number of rotatable bonds is 3. The largest absolute Gasteiger partial charge is 0.508 e. The second-order valence-electron chi connectivity index (χ2n) is 4.69. The van der Waals surface area contributed by atoms with Crippen molar-refractivity contribution in [1.82, 2.24) is 14.9 Å². The molecule has 110 valence electrons. The predicted octanol–water partition coefficient (Wildman–Crippen LogP) is 2.09. The molecule has 0 amide bonds. The third-order valence-corrected chi connectivity index (χ3v) is 3.48. The van der Waals surface area contributed by atoms with Gasteiger partial charge in [-0.1, -0.05) is 0 Å². The molecular weight excluding hydrogens is 292 g/mol. The molecule has 1 aromatic heterocycles. The maximum atomic E-state index is 9.74. The van der Waals surface area contributed by atoms with Crippen LogP contribution in [0.4, 0.5) is 0 Å². The van der Waals surface area contributed by atoms with Crippen molar-refractivity contribution in [2.24, 2.45) is 5.10 Å². The third kappa shape index (κ3) is 2.81. The molecule has 7 nitrogen and oxygen atoms in total. The average Bonchev–Trinajstić information content (AvgIpc) is 3.08. The molecule has 21 heavy (non-hydrogen) atoms. The highest BCUT2D eigenvalue weighted by Gasteiger charge is 2.23. The van der Waals surface area contributed by atoms with Crippen LogP contribution in [0.1, 0.15) is 30.3 Å². The lowest BCUT2D eigenvalue weighted by molar-refractivity contribution is 0.102. The molecule has 0 spiro atoms. The van der Waals surface area contributed by atoms with Crippen LogP contribution in [0.2, 0.25) is 0 Å². The summed E-state index contributed by atoms with van der Waals surface area (Å²) >= 11 is 5.15. The maximum absolute atomic E-state index is 9.74. The first-order valence-electron chi connectivity index (χ1n) is 6.50. The Morgan fingerprint density at radius 1 is 1.48 bits per heavy atom. The van der Waals surface area contributed by atoms with Gasteiger partial charge in [-0.2, -0.15) is 14.9 Å².